The Morgan fingerprint density at radius 1 is 1.08 bits per heavy atom. The van der Waals surface area contributed by atoms with Gasteiger partial charge < -0.3 is 14.9 Å². The van der Waals surface area contributed by atoms with E-state index in [9.17, 15) is 14.7 Å². The first-order chi connectivity index (χ1) is 12.5. The molecule has 138 valence electrons. The number of carbonyl (C=O) groups is 2. The topological polar surface area (TPSA) is 60.9 Å². The normalized spacial score (nSPS) is 30.1. The van der Waals surface area contributed by atoms with Crippen molar-refractivity contribution in [3.05, 3.63) is 40.9 Å². The number of amides is 1. The fourth-order valence-corrected chi connectivity index (χ4v) is 4.96. The summed E-state index contributed by atoms with van der Waals surface area (Å²) in [6, 6.07) is 5.86. The minimum absolute atomic E-state index is 0.0108. The van der Waals surface area contributed by atoms with Crippen molar-refractivity contribution in [1.29, 1.82) is 0 Å². The zero-order valence-electron chi connectivity index (χ0n) is 14.8. The molecule has 1 saturated heterocycles. The summed E-state index contributed by atoms with van der Waals surface area (Å²) in [4.78, 5) is 28.8. The maximum atomic E-state index is 13.1. The van der Waals surface area contributed by atoms with E-state index in [0.717, 1.165) is 25.2 Å². The number of piperazine rings is 1. The molecule has 0 radical (unpaired) electrons. The number of hydrogen-bond donors (Lipinski definition) is 1. The molecule has 0 aromatic heterocycles. The van der Waals surface area contributed by atoms with Gasteiger partial charge in [-0.2, -0.15) is 0 Å². The molecule has 2 aliphatic carbocycles. The van der Waals surface area contributed by atoms with Crippen LogP contribution < -0.4 is 4.90 Å². The van der Waals surface area contributed by atoms with Gasteiger partial charge in [-0.15, -0.1) is 0 Å². The summed E-state index contributed by atoms with van der Waals surface area (Å²) in [7, 11) is 0. The summed E-state index contributed by atoms with van der Waals surface area (Å²) < 4.78 is 0. The van der Waals surface area contributed by atoms with Gasteiger partial charge in [-0.05, 0) is 42.9 Å². The van der Waals surface area contributed by atoms with Gasteiger partial charge >= 0.3 is 5.97 Å². The van der Waals surface area contributed by atoms with Gasteiger partial charge in [0, 0.05) is 36.9 Å². The molecule has 1 N–H and O–H groups in total. The molecule has 4 atom stereocenters. The molecular weight excluding hydrogens is 352 g/mol. The summed E-state index contributed by atoms with van der Waals surface area (Å²) >= 11 is 6.13. The predicted octanol–water partition coefficient (Wildman–Crippen LogP) is 2.82. The lowest BCUT2D eigenvalue weighted by molar-refractivity contribution is -0.151. The number of rotatable bonds is 3. The third-order valence-electron chi connectivity index (χ3n) is 6.13. The van der Waals surface area contributed by atoms with E-state index in [1.54, 1.807) is 0 Å². The molecule has 2 bridgehead atoms. The number of carbonyl (C=O) groups excluding carboxylic acids is 1. The van der Waals surface area contributed by atoms with E-state index in [-0.39, 0.29) is 17.7 Å². The highest BCUT2D eigenvalue weighted by atomic mass is 35.5. The van der Waals surface area contributed by atoms with Crippen LogP contribution in [0.5, 0.6) is 0 Å². The lowest BCUT2D eigenvalue weighted by Gasteiger charge is -2.39. The molecule has 2 fully saturated rings. The van der Waals surface area contributed by atoms with Crippen LogP contribution in [-0.4, -0.2) is 48.1 Å². The van der Waals surface area contributed by atoms with Gasteiger partial charge in [0.1, 0.15) is 0 Å². The van der Waals surface area contributed by atoms with Crippen LogP contribution in [0.2, 0.25) is 5.02 Å². The van der Waals surface area contributed by atoms with Crippen LogP contribution >= 0.6 is 11.6 Å². The average Bonchev–Trinajstić information content (AvgIpc) is 3.24. The number of aliphatic carboxylic acids is 1. The minimum Gasteiger partial charge on any atom is -0.481 e. The number of aryl methyl sites for hydroxylation is 1. The van der Waals surface area contributed by atoms with E-state index < -0.39 is 17.8 Å². The molecule has 1 amide bonds. The maximum Gasteiger partial charge on any atom is 0.307 e. The molecule has 6 heteroatoms. The van der Waals surface area contributed by atoms with Crippen LogP contribution in [-0.2, 0) is 9.59 Å². The van der Waals surface area contributed by atoms with Crippen LogP contribution in [0.4, 0.5) is 5.69 Å². The van der Waals surface area contributed by atoms with Crippen molar-refractivity contribution in [2.24, 2.45) is 23.7 Å². The van der Waals surface area contributed by atoms with Crippen LogP contribution in [0.25, 0.3) is 0 Å². The van der Waals surface area contributed by atoms with Crippen molar-refractivity contribution in [2.45, 2.75) is 13.3 Å². The van der Waals surface area contributed by atoms with Gasteiger partial charge in [-0.25, -0.2) is 0 Å². The first kappa shape index (κ1) is 17.4. The van der Waals surface area contributed by atoms with E-state index in [2.05, 4.69) is 11.8 Å². The monoisotopic (exact) mass is 374 g/mol. The first-order valence-electron chi connectivity index (χ1n) is 9.16. The number of anilines is 1. The lowest BCUT2D eigenvalue weighted by Crippen LogP contribution is -2.52. The first-order valence-corrected chi connectivity index (χ1v) is 9.54. The molecule has 1 heterocycles. The molecule has 3 aliphatic rings. The molecule has 1 aromatic rings. The van der Waals surface area contributed by atoms with Crippen molar-refractivity contribution >= 4 is 29.2 Å². The Labute approximate surface area is 158 Å². The largest absolute Gasteiger partial charge is 0.481 e. The average molecular weight is 375 g/mol. The SMILES string of the molecule is Cc1ccc(Cl)cc1N1CCN(C(=O)[C@@H]2[C@H](C(=O)O)[C@H]3C=C[C@H]2C3)CC1. The summed E-state index contributed by atoms with van der Waals surface area (Å²) in [5.74, 6) is -1.69. The fraction of sp³-hybridized carbons (Fsp3) is 0.500. The van der Waals surface area contributed by atoms with Gasteiger partial charge in [0.05, 0.1) is 11.8 Å². The van der Waals surface area contributed by atoms with Gasteiger partial charge in [0.2, 0.25) is 5.91 Å². The second kappa shape index (κ2) is 6.62. The highest BCUT2D eigenvalue weighted by molar-refractivity contribution is 6.30. The number of halogens is 1. The molecule has 1 aromatic carbocycles. The number of fused-ring (bicyclic) bond motifs is 2. The van der Waals surface area contributed by atoms with E-state index in [0.29, 0.717) is 18.1 Å². The zero-order valence-corrected chi connectivity index (χ0v) is 15.5. The predicted molar refractivity (Wildman–Crippen MR) is 100 cm³/mol. The lowest BCUT2D eigenvalue weighted by atomic mass is 9.82. The number of nitrogens with zero attached hydrogens (tertiary/aromatic N) is 2. The fourth-order valence-electron chi connectivity index (χ4n) is 4.80. The Bertz CT molecular complexity index is 770. The van der Waals surface area contributed by atoms with Crippen molar-refractivity contribution in [3.63, 3.8) is 0 Å². The Kier molecular flexibility index (Phi) is 4.43. The highest BCUT2D eigenvalue weighted by Crippen LogP contribution is 2.48. The van der Waals surface area contributed by atoms with Gasteiger partial charge in [0.25, 0.3) is 0 Å². The van der Waals surface area contributed by atoms with Crippen LogP contribution in [0.15, 0.2) is 30.4 Å². The van der Waals surface area contributed by atoms with Gasteiger partial charge in [-0.1, -0.05) is 29.8 Å². The van der Waals surface area contributed by atoms with Crippen LogP contribution in [0, 0.1) is 30.6 Å². The second-order valence-corrected chi connectivity index (χ2v) is 8.02. The summed E-state index contributed by atoms with van der Waals surface area (Å²) in [6.45, 7) is 4.77. The summed E-state index contributed by atoms with van der Waals surface area (Å²) in [5.41, 5.74) is 2.27. The van der Waals surface area contributed by atoms with Gasteiger partial charge in [0.15, 0.2) is 0 Å². The molecule has 0 spiro atoms. The number of carboxylic acids is 1. The Morgan fingerprint density at radius 2 is 1.73 bits per heavy atom. The second-order valence-electron chi connectivity index (χ2n) is 7.58. The smallest absolute Gasteiger partial charge is 0.307 e. The molecule has 26 heavy (non-hydrogen) atoms. The van der Waals surface area contributed by atoms with Crippen LogP contribution in [0.3, 0.4) is 0 Å². The number of allylic oxidation sites excluding steroid dienone is 2. The van der Waals surface area contributed by atoms with Crippen molar-refractivity contribution in [3.8, 4) is 0 Å². The number of benzene rings is 1. The molecular formula is C20H23ClN2O3. The standard InChI is InChI=1S/C20H23ClN2O3/c1-12-2-5-15(21)11-16(12)22-6-8-23(9-7-22)19(24)17-13-3-4-14(10-13)18(17)20(25)26/h2-5,11,13-14,17-18H,6-10H2,1H3,(H,25,26)/t13-,14-,17-,18+/m0/s1. The van der Waals surface area contributed by atoms with E-state index in [1.807, 2.05) is 35.3 Å². The quantitative estimate of drug-likeness (QED) is 0.826. The third kappa shape index (κ3) is 2.88. The molecule has 1 saturated carbocycles. The van der Waals surface area contributed by atoms with E-state index >= 15 is 0 Å². The zero-order chi connectivity index (χ0) is 18.4. The Balaban J connectivity index is 1.45. The van der Waals surface area contributed by atoms with Crippen LogP contribution in [0.1, 0.15) is 12.0 Å². The Hall–Kier alpha value is -2.01. The molecule has 4 rings (SSSR count). The van der Waals surface area contributed by atoms with E-state index in [4.69, 9.17) is 11.6 Å². The summed E-state index contributed by atoms with van der Waals surface area (Å²) in [5, 5.41) is 10.3. The third-order valence-corrected chi connectivity index (χ3v) is 6.37. The molecule has 1 aliphatic heterocycles. The number of carboxylic acid groups (broad SMARTS) is 1. The Morgan fingerprint density at radius 3 is 2.38 bits per heavy atom. The number of hydrogen-bond acceptors (Lipinski definition) is 3. The van der Waals surface area contributed by atoms with Gasteiger partial charge in [-0.3, -0.25) is 9.59 Å². The maximum absolute atomic E-state index is 13.1. The summed E-state index contributed by atoms with van der Waals surface area (Å²) in [6.07, 6.45) is 4.82. The van der Waals surface area contributed by atoms with E-state index in [1.165, 1.54) is 5.56 Å². The van der Waals surface area contributed by atoms with Crippen molar-refractivity contribution in [2.75, 3.05) is 31.1 Å². The molecule has 0 unspecified atom stereocenters. The highest BCUT2D eigenvalue weighted by Gasteiger charge is 2.52. The molecule has 5 nitrogen and oxygen atoms in total. The minimum atomic E-state index is -0.839. The van der Waals surface area contributed by atoms with Crippen molar-refractivity contribution < 1.29 is 14.7 Å². The van der Waals surface area contributed by atoms with Crippen molar-refractivity contribution in [1.82, 2.24) is 4.90 Å².